The molecule has 1 atom stereocenters. The number of rotatable bonds is 4. The normalized spacial score (nSPS) is 13.7. The minimum atomic E-state index is -0.356. The van der Waals surface area contributed by atoms with Gasteiger partial charge in [-0.25, -0.2) is 0 Å². The van der Waals surface area contributed by atoms with E-state index in [4.69, 9.17) is 11.5 Å². The average Bonchev–Trinajstić information content (AvgIpc) is 1.87. The second-order valence-electron chi connectivity index (χ2n) is 2.74. The maximum atomic E-state index is 11.1. The first-order chi connectivity index (χ1) is 4.59. The fourth-order valence-electron chi connectivity index (χ4n) is 0.750. The number of nitrogens with two attached hydrogens (primary N) is 2. The van der Waals surface area contributed by atoms with E-state index in [1.54, 1.807) is 0 Å². The van der Waals surface area contributed by atoms with E-state index in [1.807, 2.05) is 13.8 Å². The molecule has 0 fully saturated rings. The zero-order valence-corrected chi connectivity index (χ0v) is 6.63. The van der Waals surface area contributed by atoms with Crippen LogP contribution in [0, 0.1) is 5.92 Å². The lowest BCUT2D eigenvalue weighted by Gasteiger charge is -2.10. The molecule has 0 heterocycles. The molecule has 3 nitrogen and oxygen atoms in total. The third-order valence-corrected chi connectivity index (χ3v) is 1.41. The smallest absolute Gasteiger partial charge is 0.152 e. The summed E-state index contributed by atoms with van der Waals surface area (Å²) in [7, 11) is 0. The topological polar surface area (TPSA) is 69.1 Å². The SMILES string of the molecule is CC(C)C(=O)[C@H](N)CCN. The van der Waals surface area contributed by atoms with E-state index < -0.39 is 0 Å². The van der Waals surface area contributed by atoms with Crippen molar-refractivity contribution < 1.29 is 4.79 Å². The molecule has 0 aromatic rings. The number of ketones is 1. The lowest BCUT2D eigenvalue weighted by Crippen LogP contribution is -2.35. The first-order valence-corrected chi connectivity index (χ1v) is 3.59. The van der Waals surface area contributed by atoms with Crippen LogP contribution in [-0.2, 0) is 4.79 Å². The molecular formula is C7H16N2O. The summed E-state index contributed by atoms with van der Waals surface area (Å²) in [6.45, 7) is 4.18. The van der Waals surface area contributed by atoms with Crippen LogP contribution in [0.15, 0.2) is 0 Å². The van der Waals surface area contributed by atoms with Crippen molar-refractivity contribution in [3.63, 3.8) is 0 Å². The van der Waals surface area contributed by atoms with Crippen LogP contribution in [0.1, 0.15) is 20.3 Å². The molecule has 0 aliphatic carbocycles. The van der Waals surface area contributed by atoms with Crippen LogP contribution in [0.2, 0.25) is 0 Å². The Bertz CT molecular complexity index is 112. The highest BCUT2D eigenvalue weighted by Gasteiger charge is 2.15. The Morgan fingerprint density at radius 1 is 1.50 bits per heavy atom. The summed E-state index contributed by atoms with van der Waals surface area (Å²) in [4.78, 5) is 11.1. The minimum Gasteiger partial charge on any atom is -0.330 e. The highest BCUT2D eigenvalue weighted by molar-refractivity contribution is 5.85. The molecular weight excluding hydrogens is 128 g/mol. The average molecular weight is 144 g/mol. The molecule has 0 amide bonds. The van der Waals surface area contributed by atoms with Gasteiger partial charge in [0, 0.05) is 5.92 Å². The Hall–Kier alpha value is -0.410. The Morgan fingerprint density at radius 2 is 2.00 bits per heavy atom. The summed E-state index contributed by atoms with van der Waals surface area (Å²) in [5.74, 6) is 0.131. The fraction of sp³-hybridized carbons (Fsp3) is 0.857. The van der Waals surface area contributed by atoms with Crippen LogP contribution in [0.5, 0.6) is 0 Å². The van der Waals surface area contributed by atoms with Gasteiger partial charge in [0.1, 0.15) is 0 Å². The first kappa shape index (κ1) is 9.59. The quantitative estimate of drug-likeness (QED) is 0.578. The van der Waals surface area contributed by atoms with Crippen molar-refractivity contribution in [2.45, 2.75) is 26.3 Å². The number of Topliss-reactive ketones (excluding diaryl/α,β-unsaturated/α-hetero) is 1. The summed E-state index contributed by atoms with van der Waals surface area (Å²) in [6.07, 6.45) is 0.594. The Morgan fingerprint density at radius 3 is 2.30 bits per heavy atom. The van der Waals surface area contributed by atoms with Crippen LogP contribution in [0.25, 0.3) is 0 Å². The summed E-state index contributed by atoms with van der Waals surface area (Å²) in [6, 6.07) is -0.356. The molecule has 10 heavy (non-hydrogen) atoms. The summed E-state index contributed by atoms with van der Waals surface area (Å²) >= 11 is 0. The molecule has 4 N–H and O–H groups in total. The molecule has 0 radical (unpaired) electrons. The van der Waals surface area contributed by atoms with E-state index in [-0.39, 0.29) is 17.7 Å². The van der Waals surface area contributed by atoms with Crippen molar-refractivity contribution in [3.05, 3.63) is 0 Å². The van der Waals surface area contributed by atoms with E-state index in [0.29, 0.717) is 13.0 Å². The van der Waals surface area contributed by atoms with Crippen molar-refractivity contribution in [2.24, 2.45) is 17.4 Å². The minimum absolute atomic E-state index is 0.0292. The summed E-state index contributed by atoms with van der Waals surface area (Å²) in [5.41, 5.74) is 10.7. The largest absolute Gasteiger partial charge is 0.330 e. The van der Waals surface area contributed by atoms with Crippen LogP contribution < -0.4 is 11.5 Å². The molecule has 0 aliphatic heterocycles. The lowest BCUT2D eigenvalue weighted by molar-refractivity contribution is -0.123. The molecule has 0 saturated heterocycles. The van der Waals surface area contributed by atoms with Crippen molar-refractivity contribution in [2.75, 3.05) is 6.54 Å². The molecule has 0 aromatic heterocycles. The maximum absolute atomic E-state index is 11.1. The van der Waals surface area contributed by atoms with Gasteiger partial charge in [0.15, 0.2) is 5.78 Å². The van der Waals surface area contributed by atoms with Gasteiger partial charge in [0.05, 0.1) is 6.04 Å². The Kier molecular flexibility index (Phi) is 4.23. The number of hydrogen-bond donors (Lipinski definition) is 2. The van der Waals surface area contributed by atoms with Gasteiger partial charge < -0.3 is 11.5 Å². The van der Waals surface area contributed by atoms with Crippen molar-refractivity contribution in [1.29, 1.82) is 0 Å². The van der Waals surface area contributed by atoms with Gasteiger partial charge in [-0.1, -0.05) is 13.8 Å². The van der Waals surface area contributed by atoms with Crippen molar-refractivity contribution in [3.8, 4) is 0 Å². The molecule has 0 spiro atoms. The zero-order chi connectivity index (χ0) is 8.15. The monoisotopic (exact) mass is 144 g/mol. The highest BCUT2D eigenvalue weighted by atomic mass is 16.1. The summed E-state index contributed by atoms with van der Waals surface area (Å²) in [5, 5.41) is 0. The molecule has 0 aromatic carbocycles. The zero-order valence-electron chi connectivity index (χ0n) is 6.63. The lowest BCUT2D eigenvalue weighted by atomic mass is 10.0. The molecule has 60 valence electrons. The third-order valence-electron chi connectivity index (χ3n) is 1.41. The number of carbonyl (C=O) groups excluding carboxylic acids is 1. The van der Waals surface area contributed by atoms with Gasteiger partial charge in [-0.3, -0.25) is 4.79 Å². The van der Waals surface area contributed by atoms with Gasteiger partial charge in [-0.2, -0.15) is 0 Å². The third kappa shape index (κ3) is 2.94. The molecule has 0 unspecified atom stereocenters. The number of carbonyl (C=O) groups is 1. The Balaban J connectivity index is 3.71. The highest BCUT2D eigenvalue weighted by Crippen LogP contribution is 1.99. The van der Waals surface area contributed by atoms with Crippen LogP contribution in [0.3, 0.4) is 0 Å². The predicted molar refractivity (Wildman–Crippen MR) is 41.5 cm³/mol. The van der Waals surface area contributed by atoms with Crippen LogP contribution >= 0.6 is 0 Å². The van der Waals surface area contributed by atoms with Crippen molar-refractivity contribution >= 4 is 5.78 Å². The van der Waals surface area contributed by atoms with E-state index in [0.717, 1.165) is 0 Å². The second kappa shape index (κ2) is 4.41. The molecule has 3 heteroatoms. The van der Waals surface area contributed by atoms with E-state index in [9.17, 15) is 4.79 Å². The molecule has 0 aliphatic rings. The summed E-state index contributed by atoms with van der Waals surface area (Å²) < 4.78 is 0. The molecule has 0 bridgehead atoms. The van der Waals surface area contributed by atoms with E-state index >= 15 is 0 Å². The van der Waals surface area contributed by atoms with Gasteiger partial charge in [-0.05, 0) is 13.0 Å². The Labute approximate surface area is 61.8 Å². The standard InChI is InChI=1S/C7H16N2O/c1-5(2)7(10)6(9)3-4-8/h5-6H,3-4,8-9H2,1-2H3/t6-/m1/s1. The maximum Gasteiger partial charge on any atom is 0.152 e. The van der Waals surface area contributed by atoms with Crippen LogP contribution in [-0.4, -0.2) is 18.4 Å². The van der Waals surface area contributed by atoms with Gasteiger partial charge in [-0.15, -0.1) is 0 Å². The first-order valence-electron chi connectivity index (χ1n) is 3.59. The van der Waals surface area contributed by atoms with Gasteiger partial charge in [0.2, 0.25) is 0 Å². The van der Waals surface area contributed by atoms with E-state index in [2.05, 4.69) is 0 Å². The van der Waals surface area contributed by atoms with Crippen LogP contribution in [0.4, 0.5) is 0 Å². The number of hydrogen-bond acceptors (Lipinski definition) is 3. The molecule has 0 saturated carbocycles. The van der Waals surface area contributed by atoms with Gasteiger partial charge in [0.25, 0.3) is 0 Å². The second-order valence-corrected chi connectivity index (χ2v) is 2.74. The fourth-order valence-corrected chi connectivity index (χ4v) is 0.750. The molecule has 0 rings (SSSR count). The van der Waals surface area contributed by atoms with Gasteiger partial charge >= 0.3 is 0 Å². The van der Waals surface area contributed by atoms with E-state index in [1.165, 1.54) is 0 Å². The van der Waals surface area contributed by atoms with Crippen molar-refractivity contribution in [1.82, 2.24) is 0 Å². The predicted octanol–water partition coefficient (Wildman–Crippen LogP) is -0.112.